The largest absolute Gasteiger partial charge is 0.481 e. The van der Waals surface area contributed by atoms with E-state index in [-0.39, 0.29) is 17.4 Å². The van der Waals surface area contributed by atoms with Gasteiger partial charge in [-0.05, 0) is 32.1 Å². The Balaban J connectivity index is 0. The lowest BCUT2D eigenvalue weighted by Crippen LogP contribution is -1.93. The minimum atomic E-state index is -0.666. The number of unbranched alkanes of at least 4 members (excludes halogenated alkanes) is 9. The van der Waals surface area contributed by atoms with Gasteiger partial charge < -0.3 is 5.11 Å². The summed E-state index contributed by atoms with van der Waals surface area (Å²) in [5.41, 5.74) is 0. The summed E-state index contributed by atoms with van der Waals surface area (Å²) in [6.07, 6.45) is 18.3. The van der Waals surface area contributed by atoms with Crippen LogP contribution in [0.15, 0.2) is 12.2 Å². The highest BCUT2D eigenvalue weighted by atomic mass is 27.0. The summed E-state index contributed by atoms with van der Waals surface area (Å²) in [7, 11) is 0. The van der Waals surface area contributed by atoms with Crippen LogP contribution in [0.25, 0.3) is 0 Å². The molecule has 0 bridgehead atoms. The Morgan fingerprint density at radius 1 is 0.842 bits per heavy atom. The van der Waals surface area contributed by atoms with E-state index in [4.69, 9.17) is 5.11 Å². The molecule has 0 spiro atoms. The van der Waals surface area contributed by atoms with Crippen LogP contribution in [0.1, 0.15) is 84.0 Å². The van der Waals surface area contributed by atoms with E-state index >= 15 is 0 Å². The lowest BCUT2D eigenvalue weighted by molar-refractivity contribution is -0.137. The van der Waals surface area contributed by atoms with E-state index in [0.29, 0.717) is 6.42 Å². The molecule has 2 nitrogen and oxygen atoms in total. The standard InChI is InChI=1S/C16H30O2.Al.3H/c1-2-3-4-5-6-7-8-9-10-11-12-13-14-15-16(17)18;;;;/h7-8H,2-6,9-15H2,1H3,(H,17,18);;;;. The first-order valence-corrected chi connectivity index (χ1v) is 7.64. The number of carboxylic acids is 1. The molecule has 0 rings (SSSR count). The van der Waals surface area contributed by atoms with Gasteiger partial charge in [-0.1, -0.05) is 57.6 Å². The topological polar surface area (TPSA) is 37.3 Å². The quantitative estimate of drug-likeness (QED) is 0.313. The van der Waals surface area contributed by atoms with Gasteiger partial charge in [0.15, 0.2) is 17.4 Å². The average Bonchev–Trinajstić information content (AvgIpc) is 2.34. The van der Waals surface area contributed by atoms with Crippen molar-refractivity contribution in [1.82, 2.24) is 0 Å². The third-order valence-corrected chi connectivity index (χ3v) is 3.15. The molecule has 19 heavy (non-hydrogen) atoms. The van der Waals surface area contributed by atoms with Gasteiger partial charge in [0.1, 0.15) is 0 Å². The summed E-state index contributed by atoms with van der Waals surface area (Å²) in [4.78, 5) is 10.3. The molecule has 0 amide bonds. The van der Waals surface area contributed by atoms with Gasteiger partial charge in [0.05, 0.1) is 0 Å². The molecular weight excluding hydrogens is 251 g/mol. The minimum Gasteiger partial charge on any atom is -0.481 e. The second-order valence-corrected chi connectivity index (χ2v) is 5.02. The number of carbonyl (C=O) groups is 1. The molecule has 0 aliphatic carbocycles. The normalized spacial score (nSPS) is 10.6. The van der Waals surface area contributed by atoms with Crippen LogP contribution >= 0.6 is 0 Å². The maximum Gasteiger partial charge on any atom is 0.303 e. The molecule has 0 atom stereocenters. The van der Waals surface area contributed by atoms with Gasteiger partial charge in [-0.3, -0.25) is 4.79 Å². The molecule has 0 saturated carbocycles. The summed E-state index contributed by atoms with van der Waals surface area (Å²) < 4.78 is 0. The van der Waals surface area contributed by atoms with Crippen LogP contribution in [0.3, 0.4) is 0 Å². The number of carboxylic acid groups (broad SMARTS) is 1. The SMILES string of the molecule is CCCCCCC=CCCCCCCCC(=O)O.[AlH3]. The lowest BCUT2D eigenvalue weighted by atomic mass is 10.1. The van der Waals surface area contributed by atoms with Crippen LogP contribution in [-0.4, -0.2) is 28.4 Å². The van der Waals surface area contributed by atoms with E-state index in [9.17, 15) is 4.79 Å². The Bertz CT molecular complexity index is 215. The number of aliphatic carboxylic acids is 1. The Labute approximate surface area is 129 Å². The maximum atomic E-state index is 10.3. The number of allylic oxidation sites excluding steroid dienone is 2. The molecule has 112 valence electrons. The Morgan fingerprint density at radius 2 is 1.32 bits per heavy atom. The molecule has 0 aliphatic rings. The molecular formula is C16H33AlO2. The Kier molecular flexibility index (Phi) is 19.7. The van der Waals surface area contributed by atoms with Gasteiger partial charge >= 0.3 is 5.97 Å². The van der Waals surface area contributed by atoms with Crippen LogP contribution in [0.2, 0.25) is 0 Å². The zero-order valence-electron chi connectivity index (χ0n) is 12.0. The van der Waals surface area contributed by atoms with Crippen LogP contribution in [-0.2, 0) is 4.79 Å². The molecule has 0 radical (unpaired) electrons. The fourth-order valence-corrected chi connectivity index (χ4v) is 1.99. The predicted molar refractivity (Wildman–Crippen MR) is 87.8 cm³/mol. The summed E-state index contributed by atoms with van der Waals surface area (Å²) >= 11 is 0. The van der Waals surface area contributed by atoms with Crippen LogP contribution in [0, 0.1) is 0 Å². The Hall–Kier alpha value is -0.258. The molecule has 0 unspecified atom stereocenters. The van der Waals surface area contributed by atoms with Crippen molar-refractivity contribution in [2.24, 2.45) is 0 Å². The van der Waals surface area contributed by atoms with E-state index < -0.39 is 5.97 Å². The highest BCUT2D eigenvalue weighted by Gasteiger charge is 1.95. The van der Waals surface area contributed by atoms with Gasteiger partial charge in [0.25, 0.3) is 0 Å². The highest BCUT2D eigenvalue weighted by Crippen LogP contribution is 2.08. The fraction of sp³-hybridized carbons (Fsp3) is 0.812. The van der Waals surface area contributed by atoms with Crippen LogP contribution in [0.5, 0.6) is 0 Å². The fourth-order valence-electron chi connectivity index (χ4n) is 1.99. The van der Waals surface area contributed by atoms with Gasteiger partial charge in [0, 0.05) is 6.42 Å². The van der Waals surface area contributed by atoms with Crippen molar-refractivity contribution in [3.05, 3.63) is 12.2 Å². The lowest BCUT2D eigenvalue weighted by Gasteiger charge is -1.98. The predicted octanol–water partition coefficient (Wildman–Crippen LogP) is 4.14. The number of rotatable bonds is 13. The molecule has 3 heteroatoms. The van der Waals surface area contributed by atoms with Crippen molar-refractivity contribution in [3.63, 3.8) is 0 Å². The van der Waals surface area contributed by atoms with Crippen molar-refractivity contribution in [3.8, 4) is 0 Å². The van der Waals surface area contributed by atoms with Crippen molar-refractivity contribution in [1.29, 1.82) is 0 Å². The monoisotopic (exact) mass is 284 g/mol. The minimum absolute atomic E-state index is 0. The molecule has 1 N–H and O–H groups in total. The van der Waals surface area contributed by atoms with Crippen LogP contribution < -0.4 is 0 Å². The molecule has 0 fully saturated rings. The summed E-state index contributed by atoms with van der Waals surface area (Å²) in [6.45, 7) is 2.24. The van der Waals surface area contributed by atoms with E-state index in [0.717, 1.165) is 12.8 Å². The molecule has 0 aromatic heterocycles. The van der Waals surface area contributed by atoms with Gasteiger partial charge in [-0.25, -0.2) is 0 Å². The zero-order chi connectivity index (χ0) is 13.5. The van der Waals surface area contributed by atoms with E-state index in [1.807, 2.05) is 0 Å². The van der Waals surface area contributed by atoms with Crippen LogP contribution in [0.4, 0.5) is 0 Å². The first kappa shape index (κ1) is 21.0. The molecule has 0 saturated heterocycles. The second kappa shape index (κ2) is 17.7. The van der Waals surface area contributed by atoms with Crippen molar-refractivity contribution in [2.75, 3.05) is 0 Å². The van der Waals surface area contributed by atoms with E-state index in [1.54, 1.807) is 0 Å². The van der Waals surface area contributed by atoms with Crippen molar-refractivity contribution >= 4 is 23.3 Å². The zero-order valence-corrected chi connectivity index (χ0v) is 12.0. The molecule has 0 heterocycles. The smallest absolute Gasteiger partial charge is 0.303 e. The van der Waals surface area contributed by atoms with Gasteiger partial charge in [-0.15, -0.1) is 0 Å². The number of hydrogen-bond acceptors (Lipinski definition) is 1. The summed E-state index contributed by atoms with van der Waals surface area (Å²) in [5, 5.41) is 8.48. The second-order valence-electron chi connectivity index (χ2n) is 5.02. The average molecular weight is 284 g/mol. The third-order valence-electron chi connectivity index (χ3n) is 3.15. The highest BCUT2D eigenvalue weighted by molar-refractivity contribution is 5.75. The van der Waals surface area contributed by atoms with Crippen molar-refractivity contribution < 1.29 is 9.90 Å². The van der Waals surface area contributed by atoms with E-state index in [1.165, 1.54) is 57.8 Å². The van der Waals surface area contributed by atoms with Crippen molar-refractivity contribution in [2.45, 2.75) is 84.0 Å². The van der Waals surface area contributed by atoms with Gasteiger partial charge in [-0.2, -0.15) is 0 Å². The maximum absolute atomic E-state index is 10.3. The molecule has 0 aliphatic heterocycles. The van der Waals surface area contributed by atoms with E-state index in [2.05, 4.69) is 19.1 Å². The third kappa shape index (κ3) is 20.2. The van der Waals surface area contributed by atoms with Gasteiger partial charge in [0.2, 0.25) is 0 Å². The molecule has 0 aromatic rings. The summed E-state index contributed by atoms with van der Waals surface area (Å²) in [5.74, 6) is -0.666. The number of hydrogen-bond donors (Lipinski definition) is 1. The Morgan fingerprint density at radius 3 is 1.84 bits per heavy atom. The molecule has 0 aromatic carbocycles. The first-order valence-electron chi connectivity index (χ1n) is 7.64. The first-order chi connectivity index (χ1) is 8.77. The summed E-state index contributed by atoms with van der Waals surface area (Å²) in [6, 6.07) is 0.